The van der Waals surface area contributed by atoms with E-state index in [4.69, 9.17) is 0 Å². The minimum absolute atomic E-state index is 0.0672. The highest BCUT2D eigenvalue weighted by molar-refractivity contribution is 7.09. The number of piperidine rings is 1. The number of aryl methyl sites for hydroxylation is 1. The van der Waals surface area contributed by atoms with Crippen LogP contribution in [-0.4, -0.2) is 38.8 Å². The van der Waals surface area contributed by atoms with E-state index < -0.39 is 0 Å². The predicted octanol–water partition coefficient (Wildman–Crippen LogP) is 4.48. The second kappa shape index (κ2) is 9.63. The minimum atomic E-state index is 0.0672. The van der Waals surface area contributed by atoms with Gasteiger partial charge in [-0.1, -0.05) is 6.07 Å². The van der Waals surface area contributed by atoms with Gasteiger partial charge in [-0.3, -0.25) is 4.79 Å². The number of nitrogens with one attached hydrogen (secondary N) is 1. The third-order valence-corrected chi connectivity index (χ3v) is 5.93. The van der Waals surface area contributed by atoms with E-state index in [1.54, 1.807) is 23.6 Å². The smallest absolute Gasteiger partial charge is 0.246 e. The van der Waals surface area contributed by atoms with Crippen molar-refractivity contribution in [2.45, 2.75) is 26.2 Å². The Kier molecular flexibility index (Phi) is 6.49. The number of rotatable bonds is 6. The van der Waals surface area contributed by atoms with E-state index >= 15 is 0 Å². The fourth-order valence-corrected chi connectivity index (χ4v) is 4.30. The standard InChI is InChI=1S/C23H25N5OS/c1-17-26-20(16-30-17)7-8-23(29)28-12-4-5-19(15-28)13-18-9-11-25-22(14-18)27-21-6-2-3-10-24-21/h2-3,6-11,14,16,19H,4-5,12-13,15H2,1H3,(H,24,25,27)/b8-7+/t19-/m0/s1. The first-order chi connectivity index (χ1) is 14.7. The van der Waals surface area contributed by atoms with E-state index in [2.05, 4.69) is 32.4 Å². The van der Waals surface area contributed by atoms with Crippen LogP contribution in [-0.2, 0) is 11.2 Å². The van der Waals surface area contributed by atoms with Crippen LogP contribution in [0.5, 0.6) is 0 Å². The molecule has 0 spiro atoms. The molecule has 3 aromatic heterocycles. The Morgan fingerprint density at radius 3 is 2.97 bits per heavy atom. The van der Waals surface area contributed by atoms with Crippen LogP contribution in [0.25, 0.3) is 6.08 Å². The molecule has 30 heavy (non-hydrogen) atoms. The first-order valence-corrected chi connectivity index (χ1v) is 11.1. The number of hydrogen-bond donors (Lipinski definition) is 1. The molecule has 1 N–H and O–H groups in total. The molecule has 4 rings (SSSR count). The van der Waals surface area contributed by atoms with Gasteiger partial charge in [0.2, 0.25) is 5.91 Å². The zero-order valence-corrected chi connectivity index (χ0v) is 17.8. The van der Waals surface area contributed by atoms with Crippen molar-refractivity contribution in [3.05, 3.63) is 70.4 Å². The molecule has 0 saturated carbocycles. The number of carbonyl (C=O) groups is 1. The van der Waals surface area contributed by atoms with Crippen molar-refractivity contribution in [3.8, 4) is 0 Å². The summed E-state index contributed by atoms with van der Waals surface area (Å²) in [6.45, 7) is 3.57. The molecule has 1 aliphatic heterocycles. The van der Waals surface area contributed by atoms with Gasteiger partial charge in [0.15, 0.2) is 0 Å². The van der Waals surface area contributed by atoms with E-state index in [0.717, 1.165) is 54.7 Å². The van der Waals surface area contributed by atoms with E-state index in [-0.39, 0.29) is 5.91 Å². The normalized spacial score (nSPS) is 16.7. The van der Waals surface area contributed by atoms with Gasteiger partial charge in [0, 0.05) is 36.9 Å². The van der Waals surface area contributed by atoms with Gasteiger partial charge in [-0.05, 0) is 68.0 Å². The van der Waals surface area contributed by atoms with Crippen LogP contribution in [0.2, 0.25) is 0 Å². The number of pyridine rings is 2. The molecule has 1 aliphatic rings. The van der Waals surface area contributed by atoms with Gasteiger partial charge in [-0.2, -0.15) is 0 Å². The number of aromatic nitrogens is 3. The second-order valence-electron chi connectivity index (χ2n) is 7.51. The van der Waals surface area contributed by atoms with Crippen molar-refractivity contribution in [3.63, 3.8) is 0 Å². The Bertz CT molecular complexity index is 1020. The molecular weight excluding hydrogens is 394 g/mol. The summed E-state index contributed by atoms with van der Waals surface area (Å²) in [5.41, 5.74) is 2.07. The predicted molar refractivity (Wildman–Crippen MR) is 121 cm³/mol. The molecule has 4 heterocycles. The number of amides is 1. The summed E-state index contributed by atoms with van der Waals surface area (Å²) in [7, 11) is 0. The molecule has 1 saturated heterocycles. The lowest BCUT2D eigenvalue weighted by Crippen LogP contribution is -2.39. The summed E-state index contributed by atoms with van der Waals surface area (Å²) in [5, 5.41) is 6.22. The van der Waals surface area contributed by atoms with E-state index in [0.29, 0.717) is 5.92 Å². The molecule has 6 nitrogen and oxygen atoms in total. The SMILES string of the molecule is Cc1nc(/C=C/C(=O)N2CCC[C@@H](Cc3ccnc(Nc4ccccn4)c3)C2)cs1. The molecule has 0 bridgehead atoms. The molecule has 1 atom stereocenters. The Hall–Kier alpha value is -3.06. The highest BCUT2D eigenvalue weighted by Crippen LogP contribution is 2.23. The summed E-state index contributed by atoms with van der Waals surface area (Å²) >= 11 is 1.59. The number of carbonyl (C=O) groups excluding carboxylic acids is 1. The molecule has 0 unspecified atom stereocenters. The van der Waals surface area contributed by atoms with Crippen molar-refractivity contribution >= 4 is 35.0 Å². The summed E-state index contributed by atoms with van der Waals surface area (Å²) in [6.07, 6.45) is 10.1. The quantitative estimate of drug-likeness (QED) is 0.597. The maximum atomic E-state index is 12.6. The Morgan fingerprint density at radius 1 is 1.27 bits per heavy atom. The van der Waals surface area contributed by atoms with Crippen LogP contribution in [0, 0.1) is 12.8 Å². The summed E-state index contributed by atoms with van der Waals surface area (Å²) in [5.74, 6) is 2.08. The van der Waals surface area contributed by atoms with Crippen LogP contribution >= 0.6 is 11.3 Å². The molecule has 0 radical (unpaired) electrons. The Morgan fingerprint density at radius 2 is 2.17 bits per heavy atom. The highest BCUT2D eigenvalue weighted by Gasteiger charge is 2.22. The first kappa shape index (κ1) is 20.2. The maximum Gasteiger partial charge on any atom is 0.246 e. The monoisotopic (exact) mass is 419 g/mol. The van der Waals surface area contributed by atoms with Crippen LogP contribution in [0.4, 0.5) is 11.6 Å². The number of hydrogen-bond acceptors (Lipinski definition) is 6. The average molecular weight is 420 g/mol. The van der Waals surface area contributed by atoms with Gasteiger partial charge in [0.1, 0.15) is 11.6 Å². The number of anilines is 2. The Labute approximate surface area is 180 Å². The lowest BCUT2D eigenvalue weighted by molar-refractivity contribution is -0.127. The lowest BCUT2D eigenvalue weighted by atomic mass is 9.91. The van der Waals surface area contributed by atoms with E-state index in [9.17, 15) is 4.79 Å². The lowest BCUT2D eigenvalue weighted by Gasteiger charge is -2.32. The van der Waals surface area contributed by atoms with Crippen LogP contribution in [0.1, 0.15) is 29.1 Å². The summed E-state index contributed by atoms with van der Waals surface area (Å²) in [4.78, 5) is 27.6. The van der Waals surface area contributed by atoms with Crippen LogP contribution in [0.15, 0.2) is 54.2 Å². The van der Waals surface area contributed by atoms with E-state index in [1.165, 1.54) is 5.56 Å². The summed E-state index contributed by atoms with van der Waals surface area (Å²) in [6, 6.07) is 9.86. The average Bonchev–Trinajstić information content (AvgIpc) is 3.18. The summed E-state index contributed by atoms with van der Waals surface area (Å²) < 4.78 is 0. The van der Waals surface area contributed by atoms with Crippen molar-refractivity contribution in [1.82, 2.24) is 19.9 Å². The fraction of sp³-hybridized carbons (Fsp3) is 0.304. The van der Waals surface area contributed by atoms with Gasteiger partial charge < -0.3 is 10.2 Å². The third-order valence-electron chi connectivity index (χ3n) is 5.13. The van der Waals surface area contributed by atoms with Crippen molar-refractivity contribution in [1.29, 1.82) is 0 Å². The molecule has 1 fully saturated rings. The minimum Gasteiger partial charge on any atom is -0.339 e. The van der Waals surface area contributed by atoms with Gasteiger partial charge in [-0.15, -0.1) is 11.3 Å². The topological polar surface area (TPSA) is 71.0 Å². The largest absolute Gasteiger partial charge is 0.339 e. The van der Waals surface area contributed by atoms with Gasteiger partial charge in [-0.25, -0.2) is 15.0 Å². The highest BCUT2D eigenvalue weighted by atomic mass is 32.1. The first-order valence-electron chi connectivity index (χ1n) is 10.2. The van der Waals surface area contributed by atoms with Gasteiger partial charge in [0.05, 0.1) is 10.7 Å². The number of nitrogens with zero attached hydrogens (tertiary/aromatic N) is 4. The second-order valence-corrected chi connectivity index (χ2v) is 8.57. The molecule has 7 heteroatoms. The number of thiazole rings is 1. The molecule has 154 valence electrons. The molecule has 0 aromatic carbocycles. The molecule has 1 amide bonds. The van der Waals surface area contributed by atoms with Crippen LogP contribution in [0.3, 0.4) is 0 Å². The van der Waals surface area contributed by atoms with Crippen LogP contribution < -0.4 is 5.32 Å². The maximum absolute atomic E-state index is 12.6. The third kappa shape index (κ3) is 5.51. The fourth-order valence-electron chi connectivity index (χ4n) is 3.72. The van der Waals surface area contributed by atoms with E-state index in [1.807, 2.05) is 47.7 Å². The zero-order valence-electron chi connectivity index (χ0n) is 17.0. The van der Waals surface area contributed by atoms with Crippen molar-refractivity contribution in [2.24, 2.45) is 5.92 Å². The zero-order chi connectivity index (χ0) is 20.8. The van der Waals surface area contributed by atoms with Gasteiger partial charge in [0.25, 0.3) is 0 Å². The molecule has 0 aliphatic carbocycles. The van der Waals surface area contributed by atoms with Crippen molar-refractivity contribution in [2.75, 3.05) is 18.4 Å². The molecular formula is C23H25N5OS. The Balaban J connectivity index is 1.35. The van der Waals surface area contributed by atoms with Gasteiger partial charge >= 0.3 is 0 Å². The molecule has 3 aromatic rings. The van der Waals surface area contributed by atoms with Crippen molar-refractivity contribution < 1.29 is 4.79 Å². The number of likely N-dealkylation sites (tertiary alicyclic amines) is 1.